The molecule has 2 fully saturated rings. The van der Waals surface area contributed by atoms with Crippen molar-refractivity contribution in [2.45, 2.75) is 99.3 Å². The van der Waals surface area contributed by atoms with Crippen molar-refractivity contribution in [1.29, 1.82) is 0 Å². The number of fused-ring (bicyclic) bond motifs is 2. The van der Waals surface area contributed by atoms with Crippen molar-refractivity contribution in [3.8, 4) is 0 Å². The molecular formula is C22H22F18O2. The zero-order valence-corrected chi connectivity index (χ0v) is 21.2. The first kappa shape index (κ1) is 36.6. The van der Waals surface area contributed by atoms with Crippen LogP contribution in [0.25, 0.3) is 0 Å². The van der Waals surface area contributed by atoms with Gasteiger partial charge in [-0.2, -0.15) is 79.0 Å². The highest BCUT2D eigenvalue weighted by atomic mass is 19.4. The Bertz CT molecular complexity index is 950. The molecule has 2 rings (SSSR count). The number of hydrogen-bond acceptors (Lipinski definition) is 2. The molecule has 0 aromatic carbocycles. The largest absolute Gasteiger partial charge is 0.460 e. The fourth-order valence-corrected chi connectivity index (χ4v) is 6.00. The smallest absolute Gasteiger partial charge is 0.353 e. The first-order chi connectivity index (χ1) is 18.4. The number of halogens is 18. The van der Waals surface area contributed by atoms with Crippen LogP contribution in [0.15, 0.2) is 12.7 Å². The van der Waals surface area contributed by atoms with Gasteiger partial charge in [0.1, 0.15) is 0 Å². The van der Waals surface area contributed by atoms with Crippen LogP contribution in [0.5, 0.6) is 0 Å². The molecule has 0 saturated heterocycles. The van der Waals surface area contributed by atoms with E-state index in [4.69, 9.17) is 0 Å². The minimum absolute atomic E-state index is 0.186. The molecule has 2 bridgehead atoms. The molecule has 42 heavy (non-hydrogen) atoms. The van der Waals surface area contributed by atoms with Crippen molar-refractivity contribution < 1.29 is 88.5 Å². The fraction of sp³-hybridized carbons (Fsp3) is 0.909. The quantitative estimate of drug-likeness (QED) is 0.118. The van der Waals surface area contributed by atoms with E-state index in [1.54, 1.807) is 0 Å². The highest BCUT2D eigenvalue weighted by molar-refractivity contribution is 5.30. The molecule has 248 valence electrons. The van der Waals surface area contributed by atoms with Gasteiger partial charge in [0.05, 0.1) is 0 Å². The lowest BCUT2D eigenvalue weighted by Crippen LogP contribution is -2.84. The molecule has 2 aliphatic rings. The van der Waals surface area contributed by atoms with Crippen molar-refractivity contribution in [3.63, 3.8) is 0 Å². The second-order valence-corrected chi connectivity index (χ2v) is 10.1. The van der Waals surface area contributed by atoms with Crippen LogP contribution in [0, 0.1) is 17.3 Å². The van der Waals surface area contributed by atoms with E-state index in [9.17, 15) is 61.5 Å². The molecule has 4 unspecified atom stereocenters. The number of ether oxygens (including phenoxy) is 2. The lowest BCUT2D eigenvalue weighted by atomic mass is 9.56. The van der Waals surface area contributed by atoms with Crippen LogP contribution >= 0.6 is 0 Å². The van der Waals surface area contributed by atoms with Crippen molar-refractivity contribution in [2.75, 3.05) is 6.61 Å². The maximum atomic E-state index is 16.0. The molecular weight excluding hydrogens is 638 g/mol. The molecule has 0 heterocycles. The van der Waals surface area contributed by atoms with Gasteiger partial charge < -0.3 is 9.47 Å². The summed E-state index contributed by atoms with van der Waals surface area (Å²) in [6.45, 7) is 3.19. The topological polar surface area (TPSA) is 18.5 Å². The van der Waals surface area contributed by atoms with Gasteiger partial charge in [-0.1, -0.05) is 6.08 Å². The van der Waals surface area contributed by atoms with E-state index in [0.29, 0.717) is 6.08 Å². The third kappa shape index (κ3) is 4.41. The molecule has 2 saturated carbocycles. The van der Waals surface area contributed by atoms with Crippen molar-refractivity contribution >= 4 is 0 Å². The Balaban J connectivity index is 3.26. The number of alkyl halides is 18. The van der Waals surface area contributed by atoms with Gasteiger partial charge in [-0.25, -0.2) is 0 Å². The number of rotatable bonds is 12. The molecule has 0 aliphatic heterocycles. The van der Waals surface area contributed by atoms with Gasteiger partial charge in [0.15, 0.2) is 6.29 Å². The maximum absolute atomic E-state index is 16.0. The van der Waals surface area contributed by atoms with Gasteiger partial charge in [0.2, 0.25) is 5.60 Å². The van der Waals surface area contributed by atoms with Gasteiger partial charge in [-0.05, 0) is 51.4 Å². The Labute approximate surface area is 225 Å². The highest BCUT2D eigenvalue weighted by Gasteiger charge is 2.99. The van der Waals surface area contributed by atoms with E-state index >= 15 is 17.6 Å². The van der Waals surface area contributed by atoms with E-state index in [1.165, 1.54) is 0 Å². The van der Waals surface area contributed by atoms with Crippen LogP contribution in [0.3, 0.4) is 0 Å². The Kier molecular flexibility index (Phi) is 8.90. The Morgan fingerprint density at radius 1 is 0.714 bits per heavy atom. The summed E-state index contributed by atoms with van der Waals surface area (Å²) in [5.74, 6) is -52.1. The Hall–Kier alpha value is -1.60. The lowest BCUT2D eigenvalue weighted by Gasteiger charge is -2.59. The summed E-state index contributed by atoms with van der Waals surface area (Å²) < 4.78 is 266. The average Bonchev–Trinajstić information content (AvgIpc) is 3.40. The molecule has 20 heteroatoms. The van der Waals surface area contributed by atoms with E-state index in [2.05, 4.69) is 16.1 Å². The normalized spacial score (nSPS) is 26.1. The van der Waals surface area contributed by atoms with Crippen LogP contribution in [0.2, 0.25) is 0 Å². The zero-order valence-electron chi connectivity index (χ0n) is 21.2. The summed E-state index contributed by atoms with van der Waals surface area (Å²) in [5.41, 5.74) is -10.5. The molecule has 0 spiro atoms. The molecule has 0 aromatic heterocycles. The van der Waals surface area contributed by atoms with Crippen LogP contribution in [-0.2, 0) is 9.47 Å². The summed E-state index contributed by atoms with van der Waals surface area (Å²) >= 11 is 0. The van der Waals surface area contributed by atoms with E-state index in [1.807, 2.05) is 0 Å². The SMILES string of the molecule is C=CC1CC2CCC1(C(OC(C)OCC)(C(F)(F)C(F)(F)C(F)(F)C(F)(F)F)C(F)(F)C(F)(F)C(F)(F)C(F)(F)F)C2. The third-order valence-corrected chi connectivity index (χ3v) is 7.85. The molecule has 2 aliphatic carbocycles. The summed E-state index contributed by atoms with van der Waals surface area (Å²) in [4.78, 5) is 0. The maximum Gasteiger partial charge on any atom is 0.460 e. The van der Waals surface area contributed by atoms with E-state index < -0.39 is 109 Å². The van der Waals surface area contributed by atoms with E-state index in [-0.39, 0.29) is 6.92 Å². The summed E-state index contributed by atoms with van der Waals surface area (Å²) in [7, 11) is 0. The second kappa shape index (κ2) is 10.2. The van der Waals surface area contributed by atoms with Gasteiger partial charge >= 0.3 is 47.9 Å². The summed E-state index contributed by atoms with van der Waals surface area (Å²) in [6, 6.07) is 0. The molecule has 0 radical (unpaired) electrons. The van der Waals surface area contributed by atoms with Crippen LogP contribution in [0.1, 0.15) is 39.5 Å². The van der Waals surface area contributed by atoms with Crippen LogP contribution in [-0.4, -0.2) is 66.4 Å². The third-order valence-electron chi connectivity index (χ3n) is 7.85. The molecule has 0 amide bonds. The van der Waals surface area contributed by atoms with Crippen molar-refractivity contribution in [3.05, 3.63) is 12.7 Å². The number of hydrogen-bond donors (Lipinski definition) is 0. The fourth-order valence-electron chi connectivity index (χ4n) is 6.00. The first-order valence-electron chi connectivity index (χ1n) is 11.8. The Morgan fingerprint density at radius 2 is 1.12 bits per heavy atom. The molecule has 0 N–H and O–H groups in total. The predicted octanol–water partition coefficient (Wildman–Crippen LogP) is 9.05. The predicted molar refractivity (Wildman–Crippen MR) is 105 cm³/mol. The monoisotopic (exact) mass is 660 g/mol. The van der Waals surface area contributed by atoms with Crippen molar-refractivity contribution in [2.24, 2.45) is 17.3 Å². The highest BCUT2D eigenvalue weighted by Crippen LogP contribution is 2.76. The molecule has 0 aromatic rings. The van der Waals surface area contributed by atoms with E-state index in [0.717, 1.165) is 6.92 Å². The number of allylic oxidation sites excluding steroid dienone is 1. The summed E-state index contributed by atoms with van der Waals surface area (Å²) in [5, 5.41) is 0. The van der Waals surface area contributed by atoms with Crippen LogP contribution < -0.4 is 0 Å². The summed E-state index contributed by atoms with van der Waals surface area (Å²) in [6.07, 6.45) is -22.5. The second-order valence-electron chi connectivity index (χ2n) is 10.1. The van der Waals surface area contributed by atoms with Gasteiger partial charge in [0, 0.05) is 12.0 Å². The van der Waals surface area contributed by atoms with Gasteiger partial charge in [0.25, 0.3) is 0 Å². The molecule has 2 nitrogen and oxygen atoms in total. The first-order valence-corrected chi connectivity index (χ1v) is 11.8. The standard InChI is InChI=1S/C22H22F18O2/c1-4-12-8-11-6-7-13(12,9-11)14(42-10(3)41-5-2,15(23,24)17(27,28)19(31,32)21(35,36)37)16(25,26)18(29,30)20(33,34)22(38,39)40/h4,10-12H,1,5-9H2,2-3H3. The minimum Gasteiger partial charge on any atom is -0.353 e. The lowest BCUT2D eigenvalue weighted by molar-refractivity contribution is -0.496. The van der Waals surface area contributed by atoms with Gasteiger partial charge in [-0.15, -0.1) is 6.58 Å². The Morgan fingerprint density at radius 3 is 1.43 bits per heavy atom. The minimum atomic E-state index is -8.24. The van der Waals surface area contributed by atoms with Crippen molar-refractivity contribution in [1.82, 2.24) is 0 Å². The van der Waals surface area contributed by atoms with Gasteiger partial charge in [-0.3, -0.25) is 0 Å². The molecule has 4 atom stereocenters. The average molecular weight is 660 g/mol. The van der Waals surface area contributed by atoms with Crippen LogP contribution in [0.4, 0.5) is 79.0 Å². The zero-order chi connectivity index (χ0) is 33.4.